The molecule has 0 amide bonds. The van der Waals surface area contributed by atoms with Gasteiger partial charge in [0.25, 0.3) is 0 Å². The van der Waals surface area contributed by atoms with Gasteiger partial charge in [-0.2, -0.15) is 0 Å². The van der Waals surface area contributed by atoms with Gasteiger partial charge in [0.2, 0.25) is 0 Å². The number of fused-ring (bicyclic) bond motifs is 2. The highest BCUT2D eigenvalue weighted by molar-refractivity contribution is 5.85. The number of piperidine rings is 1. The maximum Gasteiger partial charge on any atom is 0.150 e. The molecule has 0 radical (unpaired) electrons. The van der Waals surface area contributed by atoms with Crippen LogP contribution in [0.3, 0.4) is 0 Å². The van der Waals surface area contributed by atoms with E-state index >= 15 is 0 Å². The van der Waals surface area contributed by atoms with Gasteiger partial charge in [0.1, 0.15) is 5.78 Å². The Kier molecular flexibility index (Phi) is 4.21. The third-order valence-electron chi connectivity index (χ3n) is 5.09. The standard InChI is InChI=1S/C18H25NO/c1-2-3-9-15-12-17-18(20)11-10-16(15)19(17)13-14-7-5-4-6-8-14/h4-8,15-17H,2-3,9-13H2,1H3/t15-,16-,17-/m1/s1. The van der Waals surface area contributed by atoms with Crippen molar-refractivity contribution in [1.82, 2.24) is 4.90 Å². The van der Waals surface area contributed by atoms with Crippen LogP contribution in [0, 0.1) is 5.92 Å². The number of carbonyl (C=O) groups is 1. The molecule has 0 unspecified atom stereocenters. The van der Waals surface area contributed by atoms with Crippen molar-refractivity contribution in [3.63, 3.8) is 0 Å². The van der Waals surface area contributed by atoms with Crippen LogP contribution >= 0.6 is 0 Å². The van der Waals surface area contributed by atoms with E-state index in [4.69, 9.17) is 0 Å². The Morgan fingerprint density at radius 1 is 1.25 bits per heavy atom. The lowest BCUT2D eigenvalue weighted by atomic mass is 9.92. The molecular weight excluding hydrogens is 246 g/mol. The zero-order chi connectivity index (χ0) is 13.9. The van der Waals surface area contributed by atoms with Crippen molar-refractivity contribution in [1.29, 1.82) is 0 Å². The predicted octanol–water partition coefficient (Wildman–Crippen LogP) is 3.80. The molecule has 3 rings (SSSR count). The second kappa shape index (κ2) is 6.09. The average molecular weight is 271 g/mol. The van der Waals surface area contributed by atoms with E-state index in [0.717, 1.165) is 31.7 Å². The van der Waals surface area contributed by atoms with Crippen LogP contribution in [0.15, 0.2) is 30.3 Å². The molecule has 2 heteroatoms. The molecule has 2 fully saturated rings. The molecule has 2 aliphatic rings. The number of benzene rings is 1. The molecule has 0 N–H and O–H groups in total. The van der Waals surface area contributed by atoms with Gasteiger partial charge in [-0.05, 0) is 30.7 Å². The highest BCUT2D eigenvalue weighted by Gasteiger charge is 2.46. The second-order valence-corrected chi connectivity index (χ2v) is 6.38. The third kappa shape index (κ3) is 2.67. The van der Waals surface area contributed by atoms with Gasteiger partial charge in [-0.15, -0.1) is 0 Å². The van der Waals surface area contributed by atoms with Gasteiger partial charge in [-0.1, -0.05) is 50.1 Å². The number of rotatable bonds is 5. The van der Waals surface area contributed by atoms with E-state index in [2.05, 4.69) is 42.2 Å². The summed E-state index contributed by atoms with van der Waals surface area (Å²) in [5.74, 6) is 1.23. The van der Waals surface area contributed by atoms with Crippen LogP contribution in [0.5, 0.6) is 0 Å². The van der Waals surface area contributed by atoms with Crippen LogP contribution < -0.4 is 0 Å². The molecule has 0 aromatic heterocycles. The van der Waals surface area contributed by atoms with Crippen LogP contribution in [0.4, 0.5) is 0 Å². The summed E-state index contributed by atoms with van der Waals surface area (Å²) in [4.78, 5) is 14.7. The second-order valence-electron chi connectivity index (χ2n) is 6.38. The van der Waals surface area contributed by atoms with Gasteiger partial charge in [0, 0.05) is 19.0 Å². The molecule has 1 aromatic rings. The van der Waals surface area contributed by atoms with E-state index in [1.807, 2.05) is 0 Å². The van der Waals surface area contributed by atoms with E-state index in [-0.39, 0.29) is 6.04 Å². The maximum absolute atomic E-state index is 12.2. The topological polar surface area (TPSA) is 20.3 Å². The van der Waals surface area contributed by atoms with Crippen molar-refractivity contribution in [2.45, 2.75) is 64.1 Å². The van der Waals surface area contributed by atoms with Gasteiger partial charge in [-0.25, -0.2) is 0 Å². The molecule has 0 spiro atoms. The fraction of sp³-hybridized carbons (Fsp3) is 0.611. The van der Waals surface area contributed by atoms with Crippen molar-refractivity contribution in [2.24, 2.45) is 5.92 Å². The van der Waals surface area contributed by atoms with Gasteiger partial charge >= 0.3 is 0 Å². The Bertz CT molecular complexity index is 456. The monoisotopic (exact) mass is 271 g/mol. The summed E-state index contributed by atoms with van der Waals surface area (Å²) in [6.45, 7) is 3.21. The molecule has 0 saturated carbocycles. The van der Waals surface area contributed by atoms with Crippen LogP contribution in [0.2, 0.25) is 0 Å². The summed E-state index contributed by atoms with van der Waals surface area (Å²) in [5.41, 5.74) is 1.34. The molecule has 0 aliphatic carbocycles. The molecule has 2 saturated heterocycles. The number of hydrogen-bond acceptors (Lipinski definition) is 2. The quantitative estimate of drug-likeness (QED) is 0.812. The van der Waals surface area contributed by atoms with E-state index in [0.29, 0.717) is 11.8 Å². The lowest BCUT2D eigenvalue weighted by molar-refractivity contribution is -0.126. The van der Waals surface area contributed by atoms with Gasteiger partial charge in [0.15, 0.2) is 0 Å². The van der Waals surface area contributed by atoms with Crippen LogP contribution in [0.25, 0.3) is 0 Å². The Hall–Kier alpha value is -1.15. The number of carbonyl (C=O) groups excluding carboxylic acids is 1. The van der Waals surface area contributed by atoms with Crippen molar-refractivity contribution in [2.75, 3.05) is 0 Å². The third-order valence-corrected chi connectivity index (χ3v) is 5.09. The first-order chi connectivity index (χ1) is 9.79. The first kappa shape index (κ1) is 13.8. The highest BCUT2D eigenvalue weighted by atomic mass is 16.1. The van der Waals surface area contributed by atoms with Gasteiger partial charge < -0.3 is 0 Å². The lowest BCUT2D eigenvalue weighted by Crippen LogP contribution is -2.45. The first-order valence-electron chi connectivity index (χ1n) is 8.12. The smallest absolute Gasteiger partial charge is 0.150 e. The normalized spacial score (nSPS) is 29.9. The molecule has 2 bridgehead atoms. The number of Topliss-reactive ketones (excluding diaryl/α,β-unsaturated/α-hetero) is 1. The van der Waals surface area contributed by atoms with Crippen molar-refractivity contribution >= 4 is 5.78 Å². The fourth-order valence-electron chi connectivity index (χ4n) is 4.05. The van der Waals surface area contributed by atoms with Crippen molar-refractivity contribution < 1.29 is 4.79 Å². The minimum atomic E-state index is 0.204. The summed E-state index contributed by atoms with van der Waals surface area (Å²) >= 11 is 0. The minimum Gasteiger partial charge on any atom is -0.298 e. The SMILES string of the molecule is CCCC[C@@H]1C[C@@H]2C(=O)CC[C@H]1N2Cc1ccccc1. The zero-order valence-corrected chi connectivity index (χ0v) is 12.4. The van der Waals surface area contributed by atoms with Gasteiger partial charge in [-0.3, -0.25) is 9.69 Å². The molecular formula is C18H25NO. The van der Waals surface area contributed by atoms with Crippen molar-refractivity contribution in [3.05, 3.63) is 35.9 Å². The fourth-order valence-corrected chi connectivity index (χ4v) is 4.05. The van der Waals surface area contributed by atoms with Gasteiger partial charge in [0.05, 0.1) is 6.04 Å². The molecule has 3 atom stereocenters. The number of hydrogen-bond donors (Lipinski definition) is 0. The number of ketones is 1. The lowest BCUT2D eigenvalue weighted by Gasteiger charge is -2.35. The summed E-state index contributed by atoms with van der Waals surface area (Å²) in [5, 5.41) is 0. The Balaban J connectivity index is 1.74. The Labute approximate surface area is 122 Å². The molecule has 2 nitrogen and oxygen atoms in total. The molecule has 108 valence electrons. The highest BCUT2D eigenvalue weighted by Crippen LogP contribution is 2.41. The van der Waals surface area contributed by atoms with Crippen molar-refractivity contribution in [3.8, 4) is 0 Å². The zero-order valence-electron chi connectivity index (χ0n) is 12.4. The van der Waals surface area contributed by atoms with E-state index in [1.165, 1.54) is 24.8 Å². The predicted molar refractivity (Wildman–Crippen MR) is 81.4 cm³/mol. The maximum atomic E-state index is 12.2. The molecule has 1 aromatic carbocycles. The number of nitrogens with zero attached hydrogens (tertiary/aromatic N) is 1. The summed E-state index contributed by atoms with van der Waals surface area (Å²) in [6, 6.07) is 11.5. The minimum absolute atomic E-state index is 0.204. The summed E-state index contributed by atoms with van der Waals surface area (Å²) in [7, 11) is 0. The summed E-state index contributed by atoms with van der Waals surface area (Å²) < 4.78 is 0. The van der Waals surface area contributed by atoms with E-state index in [9.17, 15) is 4.79 Å². The summed E-state index contributed by atoms with van der Waals surface area (Å²) in [6.07, 6.45) is 6.87. The van der Waals surface area contributed by atoms with Crippen LogP contribution in [-0.4, -0.2) is 22.8 Å². The Morgan fingerprint density at radius 2 is 2.05 bits per heavy atom. The van der Waals surface area contributed by atoms with E-state index < -0.39 is 0 Å². The molecule has 2 aliphatic heterocycles. The van der Waals surface area contributed by atoms with Crippen LogP contribution in [-0.2, 0) is 11.3 Å². The van der Waals surface area contributed by atoms with E-state index in [1.54, 1.807) is 0 Å². The van der Waals surface area contributed by atoms with Crippen LogP contribution in [0.1, 0.15) is 51.0 Å². The molecule has 20 heavy (non-hydrogen) atoms. The average Bonchev–Trinajstić information content (AvgIpc) is 2.72. The molecule has 2 heterocycles. The first-order valence-corrected chi connectivity index (χ1v) is 8.12. The largest absolute Gasteiger partial charge is 0.298 e. The number of unbranched alkanes of at least 4 members (excludes halogenated alkanes) is 1. The Morgan fingerprint density at radius 3 is 2.80 bits per heavy atom.